The minimum absolute atomic E-state index is 0.327. The molecule has 0 bridgehead atoms. The second-order valence-corrected chi connectivity index (χ2v) is 4.18. The van der Waals surface area contributed by atoms with Crippen LogP contribution in [0.25, 0.3) is 0 Å². The zero-order valence-electron chi connectivity index (χ0n) is 9.49. The van der Waals surface area contributed by atoms with Crippen molar-refractivity contribution in [3.63, 3.8) is 0 Å². The maximum Gasteiger partial charge on any atom is 0.0570 e. The van der Waals surface area contributed by atoms with Crippen LogP contribution in [0.2, 0.25) is 0 Å². The van der Waals surface area contributed by atoms with E-state index in [-0.39, 0.29) is 0 Å². The van der Waals surface area contributed by atoms with Gasteiger partial charge in [0, 0.05) is 18.3 Å². The molecule has 0 aliphatic carbocycles. The minimum Gasteiger partial charge on any atom is -0.306 e. The molecule has 0 radical (unpaired) electrons. The Morgan fingerprint density at radius 2 is 1.86 bits per heavy atom. The largest absolute Gasteiger partial charge is 0.306 e. The van der Waals surface area contributed by atoms with Crippen LogP contribution in [-0.2, 0) is 0 Å². The molecule has 2 nitrogen and oxygen atoms in total. The van der Waals surface area contributed by atoms with E-state index in [1.54, 1.807) is 0 Å². The van der Waals surface area contributed by atoms with Gasteiger partial charge in [0.15, 0.2) is 0 Å². The van der Waals surface area contributed by atoms with Gasteiger partial charge < -0.3 is 5.32 Å². The van der Waals surface area contributed by atoms with Crippen LogP contribution in [0, 0.1) is 5.92 Å². The molecule has 0 aliphatic rings. The van der Waals surface area contributed by atoms with Gasteiger partial charge in [-0.15, -0.1) is 0 Å². The lowest BCUT2D eigenvalue weighted by molar-refractivity contribution is 0.385. The van der Waals surface area contributed by atoms with E-state index < -0.39 is 0 Å². The highest BCUT2D eigenvalue weighted by Gasteiger charge is 2.12. The van der Waals surface area contributed by atoms with Gasteiger partial charge in [0.2, 0.25) is 0 Å². The minimum atomic E-state index is 0.327. The normalized spacial score (nSPS) is 15.5. The fraction of sp³-hybridized carbons (Fsp3) is 0.583. The maximum atomic E-state index is 4.33. The van der Waals surface area contributed by atoms with Crippen molar-refractivity contribution in [1.82, 2.24) is 10.3 Å². The molecule has 0 saturated carbocycles. The molecule has 1 rings (SSSR count). The number of hydrogen-bond donors (Lipinski definition) is 1. The summed E-state index contributed by atoms with van der Waals surface area (Å²) >= 11 is 0. The van der Waals surface area contributed by atoms with Gasteiger partial charge in [-0.2, -0.15) is 0 Å². The van der Waals surface area contributed by atoms with E-state index in [1.807, 2.05) is 18.3 Å². The number of nitrogens with one attached hydrogen (secondary N) is 1. The van der Waals surface area contributed by atoms with Gasteiger partial charge >= 0.3 is 0 Å². The smallest absolute Gasteiger partial charge is 0.0570 e. The second kappa shape index (κ2) is 5.11. The fourth-order valence-corrected chi connectivity index (χ4v) is 1.30. The van der Waals surface area contributed by atoms with Crippen molar-refractivity contribution in [3.8, 4) is 0 Å². The summed E-state index contributed by atoms with van der Waals surface area (Å²) in [7, 11) is 0. The van der Waals surface area contributed by atoms with Crippen molar-refractivity contribution in [3.05, 3.63) is 30.1 Å². The molecule has 14 heavy (non-hydrogen) atoms. The van der Waals surface area contributed by atoms with Crippen LogP contribution in [0.5, 0.6) is 0 Å². The maximum absolute atomic E-state index is 4.33. The van der Waals surface area contributed by atoms with Crippen LogP contribution < -0.4 is 5.32 Å². The summed E-state index contributed by atoms with van der Waals surface area (Å²) in [5.41, 5.74) is 1.11. The lowest BCUT2D eigenvalue weighted by Gasteiger charge is -2.22. The topological polar surface area (TPSA) is 24.9 Å². The summed E-state index contributed by atoms with van der Waals surface area (Å²) in [6.07, 6.45) is 1.84. The summed E-state index contributed by atoms with van der Waals surface area (Å²) in [5, 5.41) is 3.53. The molecule has 2 unspecified atom stereocenters. The van der Waals surface area contributed by atoms with Gasteiger partial charge in [-0.3, -0.25) is 4.98 Å². The molecule has 0 spiro atoms. The number of pyridine rings is 1. The van der Waals surface area contributed by atoms with Gasteiger partial charge in [0.25, 0.3) is 0 Å². The Balaban J connectivity index is 2.55. The van der Waals surface area contributed by atoms with E-state index in [4.69, 9.17) is 0 Å². The molecular formula is C12H20N2. The van der Waals surface area contributed by atoms with Crippen molar-refractivity contribution >= 4 is 0 Å². The van der Waals surface area contributed by atoms with Crippen LogP contribution in [0.4, 0.5) is 0 Å². The quantitative estimate of drug-likeness (QED) is 0.793. The molecular weight excluding hydrogens is 172 g/mol. The van der Waals surface area contributed by atoms with Gasteiger partial charge in [-0.25, -0.2) is 0 Å². The Morgan fingerprint density at radius 1 is 1.14 bits per heavy atom. The van der Waals surface area contributed by atoms with E-state index in [9.17, 15) is 0 Å². The summed E-state index contributed by atoms with van der Waals surface area (Å²) in [6, 6.07) is 6.88. The molecule has 1 aromatic heterocycles. The van der Waals surface area contributed by atoms with Gasteiger partial charge in [0.05, 0.1) is 5.69 Å². The van der Waals surface area contributed by atoms with Crippen LogP contribution in [0.3, 0.4) is 0 Å². The van der Waals surface area contributed by atoms with Crippen LogP contribution in [0.15, 0.2) is 24.4 Å². The van der Waals surface area contributed by atoms with E-state index >= 15 is 0 Å². The molecule has 1 aromatic rings. The van der Waals surface area contributed by atoms with Crippen molar-refractivity contribution in [2.24, 2.45) is 5.92 Å². The van der Waals surface area contributed by atoms with Gasteiger partial charge in [-0.1, -0.05) is 19.9 Å². The van der Waals surface area contributed by atoms with Crippen LogP contribution >= 0.6 is 0 Å². The first-order valence-corrected chi connectivity index (χ1v) is 5.28. The first kappa shape index (κ1) is 11.2. The molecule has 1 heterocycles. The standard InChI is InChI=1S/C12H20N2/c1-9(2)10(3)14-11(4)12-7-5-6-8-13-12/h5-11,14H,1-4H3. The molecule has 2 heteroatoms. The lowest BCUT2D eigenvalue weighted by atomic mass is 10.0. The van der Waals surface area contributed by atoms with Crippen molar-refractivity contribution < 1.29 is 0 Å². The highest BCUT2D eigenvalue weighted by atomic mass is 15.0. The number of nitrogens with zero attached hydrogens (tertiary/aromatic N) is 1. The third-order valence-corrected chi connectivity index (χ3v) is 2.64. The molecule has 0 aromatic carbocycles. The van der Waals surface area contributed by atoms with E-state index in [0.717, 1.165) is 5.69 Å². The zero-order valence-corrected chi connectivity index (χ0v) is 9.49. The molecule has 78 valence electrons. The summed E-state index contributed by atoms with van der Waals surface area (Å²) < 4.78 is 0. The van der Waals surface area contributed by atoms with E-state index in [1.165, 1.54) is 0 Å². The Kier molecular flexibility index (Phi) is 4.08. The molecule has 0 fully saturated rings. The molecule has 2 atom stereocenters. The Morgan fingerprint density at radius 3 is 2.36 bits per heavy atom. The van der Waals surface area contributed by atoms with E-state index in [2.05, 4.69) is 44.1 Å². The first-order valence-electron chi connectivity index (χ1n) is 5.28. The highest BCUT2D eigenvalue weighted by Crippen LogP contribution is 2.11. The molecule has 0 aliphatic heterocycles. The lowest BCUT2D eigenvalue weighted by Crippen LogP contribution is -2.33. The molecule has 0 amide bonds. The highest BCUT2D eigenvalue weighted by molar-refractivity contribution is 5.07. The SMILES string of the molecule is CC(NC(C)C(C)C)c1ccccn1. The third kappa shape index (κ3) is 3.11. The third-order valence-electron chi connectivity index (χ3n) is 2.64. The Bertz CT molecular complexity index is 256. The summed E-state index contributed by atoms with van der Waals surface area (Å²) in [6.45, 7) is 8.82. The van der Waals surface area contributed by atoms with Gasteiger partial charge in [-0.05, 0) is 31.9 Å². The van der Waals surface area contributed by atoms with E-state index in [0.29, 0.717) is 18.0 Å². The number of hydrogen-bond acceptors (Lipinski definition) is 2. The average Bonchev–Trinajstić information content (AvgIpc) is 2.19. The monoisotopic (exact) mass is 192 g/mol. The Hall–Kier alpha value is -0.890. The predicted octanol–water partition coefficient (Wildman–Crippen LogP) is 2.78. The number of rotatable bonds is 4. The number of aromatic nitrogens is 1. The molecule has 0 saturated heterocycles. The first-order chi connectivity index (χ1) is 6.61. The Labute approximate surface area is 86.8 Å². The molecule has 1 N–H and O–H groups in total. The van der Waals surface area contributed by atoms with Crippen LogP contribution in [-0.4, -0.2) is 11.0 Å². The van der Waals surface area contributed by atoms with Crippen molar-refractivity contribution in [1.29, 1.82) is 0 Å². The fourth-order valence-electron chi connectivity index (χ4n) is 1.30. The van der Waals surface area contributed by atoms with Crippen LogP contribution in [0.1, 0.15) is 39.4 Å². The predicted molar refractivity (Wildman–Crippen MR) is 60.1 cm³/mol. The van der Waals surface area contributed by atoms with Gasteiger partial charge in [0.1, 0.15) is 0 Å². The zero-order chi connectivity index (χ0) is 10.6. The second-order valence-electron chi connectivity index (χ2n) is 4.18. The van der Waals surface area contributed by atoms with Crippen molar-refractivity contribution in [2.75, 3.05) is 0 Å². The van der Waals surface area contributed by atoms with Crippen molar-refractivity contribution in [2.45, 2.75) is 39.8 Å². The summed E-state index contributed by atoms with van der Waals surface area (Å²) in [4.78, 5) is 4.33. The summed E-state index contributed by atoms with van der Waals surface area (Å²) in [5.74, 6) is 0.654. The average molecular weight is 192 g/mol.